The summed E-state index contributed by atoms with van der Waals surface area (Å²) >= 11 is 0.934. The first-order valence-corrected chi connectivity index (χ1v) is 8.54. The first kappa shape index (κ1) is 19.0. The minimum absolute atomic E-state index is 0.00299. The Bertz CT molecular complexity index is 966. The van der Waals surface area contributed by atoms with Crippen LogP contribution in [0.2, 0.25) is 0 Å². The Morgan fingerprint density at radius 1 is 1.19 bits per heavy atom. The number of carbonyl (C=O) groups is 3. The number of Topliss-reactive ketones (excluding diaryl/α,β-unsaturated/α-hetero) is 1. The molecule has 0 fully saturated rings. The van der Waals surface area contributed by atoms with Crippen LogP contribution in [0, 0.1) is 5.82 Å². The number of benzene rings is 1. The predicted molar refractivity (Wildman–Crippen MR) is 89.2 cm³/mol. The summed E-state index contributed by atoms with van der Waals surface area (Å²) in [6.07, 6.45) is -4.38. The predicted octanol–water partition coefficient (Wildman–Crippen LogP) is 3.32. The Balaban J connectivity index is 1.98. The summed E-state index contributed by atoms with van der Waals surface area (Å²) in [5, 5.41) is 2.25. The molecule has 3 rings (SSSR count). The van der Waals surface area contributed by atoms with Gasteiger partial charge in [-0.25, -0.2) is 4.39 Å². The van der Waals surface area contributed by atoms with E-state index < -0.39 is 34.9 Å². The number of primary amides is 1. The van der Waals surface area contributed by atoms with Crippen molar-refractivity contribution in [1.82, 2.24) is 0 Å². The van der Waals surface area contributed by atoms with Gasteiger partial charge in [0.2, 0.25) is 0 Å². The average molecular weight is 400 g/mol. The van der Waals surface area contributed by atoms with Crippen LogP contribution in [-0.4, -0.2) is 17.6 Å². The second kappa shape index (κ2) is 6.76. The highest BCUT2D eigenvalue weighted by molar-refractivity contribution is 7.17. The van der Waals surface area contributed by atoms with Gasteiger partial charge >= 0.3 is 6.18 Å². The zero-order chi connectivity index (χ0) is 19.9. The molecule has 0 bridgehead atoms. The minimum Gasteiger partial charge on any atom is -0.365 e. The number of alkyl halides is 3. The van der Waals surface area contributed by atoms with Gasteiger partial charge in [0.15, 0.2) is 0 Å². The molecule has 0 saturated carbocycles. The summed E-state index contributed by atoms with van der Waals surface area (Å²) in [6.45, 7) is 0. The number of anilines is 1. The Labute approximate surface area is 154 Å². The first-order chi connectivity index (χ1) is 12.6. The highest BCUT2D eigenvalue weighted by Crippen LogP contribution is 2.38. The van der Waals surface area contributed by atoms with E-state index in [1.807, 2.05) is 0 Å². The molecule has 1 aromatic heterocycles. The molecule has 0 saturated heterocycles. The van der Waals surface area contributed by atoms with Crippen molar-refractivity contribution >= 4 is 33.9 Å². The lowest BCUT2D eigenvalue weighted by Crippen LogP contribution is -2.21. The van der Waals surface area contributed by atoms with Crippen LogP contribution in [0.4, 0.5) is 22.6 Å². The third kappa shape index (κ3) is 3.57. The maximum absolute atomic E-state index is 14.1. The molecule has 27 heavy (non-hydrogen) atoms. The third-order valence-corrected chi connectivity index (χ3v) is 5.27. The van der Waals surface area contributed by atoms with Gasteiger partial charge in [0.25, 0.3) is 11.8 Å². The summed E-state index contributed by atoms with van der Waals surface area (Å²) in [5.41, 5.74) is 3.50. The Morgan fingerprint density at radius 3 is 2.52 bits per heavy atom. The van der Waals surface area contributed by atoms with E-state index in [1.165, 1.54) is 0 Å². The van der Waals surface area contributed by atoms with E-state index in [9.17, 15) is 31.9 Å². The first-order valence-electron chi connectivity index (χ1n) is 7.72. The van der Waals surface area contributed by atoms with Crippen LogP contribution in [0.15, 0.2) is 18.2 Å². The van der Waals surface area contributed by atoms with Gasteiger partial charge in [-0.1, -0.05) is 6.07 Å². The SMILES string of the molecule is NC(=O)c1c(NC(=O)c2cccc(C(F)(F)F)c2F)sc2c1CCC(=O)C2. The van der Waals surface area contributed by atoms with Gasteiger partial charge in [0, 0.05) is 17.7 Å². The smallest absolute Gasteiger partial charge is 0.365 e. The van der Waals surface area contributed by atoms with Crippen LogP contribution in [0.3, 0.4) is 0 Å². The highest BCUT2D eigenvalue weighted by Gasteiger charge is 2.36. The molecule has 0 unspecified atom stereocenters. The molecular formula is C17H12F4N2O3S. The van der Waals surface area contributed by atoms with Crippen LogP contribution in [0.1, 0.15) is 43.1 Å². The Morgan fingerprint density at radius 2 is 1.89 bits per heavy atom. The summed E-state index contributed by atoms with van der Waals surface area (Å²) in [7, 11) is 0. The number of thiophene rings is 1. The monoisotopic (exact) mass is 400 g/mol. The summed E-state index contributed by atoms with van der Waals surface area (Å²) < 4.78 is 52.6. The number of nitrogens with two attached hydrogens (primary N) is 1. The quantitative estimate of drug-likeness (QED) is 0.775. The van der Waals surface area contributed by atoms with Crippen LogP contribution in [-0.2, 0) is 23.8 Å². The summed E-state index contributed by atoms with van der Waals surface area (Å²) in [4.78, 5) is 36.3. The molecule has 142 valence electrons. The van der Waals surface area contributed by atoms with Gasteiger partial charge in [0.05, 0.1) is 16.7 Å². The molecule has 3 N–H and O–H groups in total. The number of halogens is 4. The fourth-order valence-electron chi connectivity index (χ4n) is 2.90. The number of amides is 2. The van der Waals surface area contributed by atoms with E-state index in [1.54, 1.807) is 0 Å². The van der Waals surface area contributed by atoms with Gasteiger partial charge in [-0.05, 0) is 24.1 Å². The minimum atomic E-state index is -4.96. The molecule has 0 atom stereocenters. The molecule has 1 aliphatic carbocycles. The molecule has 2 aromatic rings. The van der Waals surface area contributed by atoms with Crippen molar-refractivity contribution < 1.29 is 31.9 Å². The van der Waals surface area contributed by atoms with Crippen molar-refractivity contribution in [3.05, 3.63) is 51.1 Å². The zero-order valence-corrected chi connectivity index (χ0v) is 14.4. The van der Waals surface area contributed by atoms with Gasteiger partial charge < -0.3 is 11.1 Å². The van der Waals surface area contributed by atoms with Crippen LogP contribution < -0.4 is 11.1 Å². The van der Waals surface area contributed by atoms with Gasteiger partial charge in [-0.3, -0.25) is 14.4 Å². The Hall–Kier alpha value is -2.75. The van der Waals surface area contributed by atoms with Crippen LogP contribution in [0.25, 0.3) is 0 Å². The topological polar surface area (TPSA) is 89.3 Å². The molecule has 5 nitrogen and oxygen atoms in total. The fraction of sp³-hybridized carbons (Fsp3) is 0.235. The number of nitrogens with one attached hydrogen (secondary N) is 1. The molecule has 0 radical (unpaired) electrons. The second-order valence-corrected chi connectivity index (χ2v) is 7.01. The average Bonchev–Trinajstić information content (AvgIpc) is 2.90. The number of hydrogen-bond acceptors (Lipinski definition) is 4. The molecule has 10 heteroatoms. The number of hydrogen-bond donors (Lipinski definition) is 2. The highest BCUT2D eigenvalue weighted by atomic mass is 32.1. The maximum atomic E-state index is 14.1. The number of ketones is 1. The van der Waals surface area contributed by atoms with Crippen molar-refractivity contribution in [1.29, 1.82) is 0 Å². The molecular weight excluding hydrogens is 388 g/mol. The van der Waals surface area contributed by atoms with Crippen molar-refractivity contribution in [2.24, 2.45) is 5.73 Å². The second-order valence-electron chi connectivity index (χ2n) is 5.91. The van der Waals surface area contributed by atoms with E-state index in [4.69, 9.17) is 5.73 Å². The van der Waals surface area contributed by atoms with E-state index in [0.29, 0.717) is 16.5 Å². The lowest BCUT2D eigenvalue weighted by molar-refractivity contribution is -0.140. The lowest BCUT2D eigenvalue weighted by Gasteiger charge is -2.12. The molecule has 1 aromatic carbocycles. The van der Waals surface area contributed by atoms with E-state index in [0.717, 1.165) is 23.5 Å². The van der Waals surface area contributed by atoms with Crippen molar-refractivity contribution in [2.45, 2.75) is 25.4 Å². The largest absolute Gasteiger partial charge is 0.419 e. The molecule has 2 amide bonds. The van der Waals surface area contributed by atoms with Crippen LogP contribution in [0.5, 0.6) is 0 Å². The summed E-state index contributed by atoms with van der Waals surface area (Å²) in [5.74, 6) is -3.74. The van der Waals surface area contributed by atoms with E-state index >= 15 is 0 Å². The van der Waals surface area contributed by atoms with Gasteiger partial charge in [-0.15, -0.1) is 11.3 Å². The lowest BCUT2D eigenvalue weighted by atomic mass is 9.94. The maximum Gasteiger partial charge on any atom is 0.419 e. The number of fused-ring (bicyclic) bond motifs is 1. The fourth-order valence-corrected chi connectivity index (χ4v) is 4.17. The van der Waals surface area contributed by atoms with E-state index in [-0.39, 0.29) is 35.6 Å². The molecule has 1 heterocycles. The number of rotatable bonds is 3. The third-order valence-electron chi connectivity index (χ3n) is 4.12. The normalized spacial score (nSPS) is 14.0. The standard InChI is InChI=1S/C17H12F4N2O3S/c18-13-9(2-1-3-10(13)17(19,20)21)15(26)23-16-12(14(22)25)8-5-4-7(24)6-11(8)27-16/h1-3H,4-6H2,(H2,22,25)(H,23,26). The van der Waals surface area contributed by atoms with Crippen molar-refractivity contribution in [2.75, 3.05) is 5.32 Å². The van der Waals surface area contributed by atoms with Gasteiger partial charge in [0.1, 0.15) is 16.6 Å². The Kier molecular flexibility index (Phi) is 4.77. The number of carbonyl (C=O) groups excluding carboxylic acids is 3. The van der Waals surface area contributed by atoms with Crippen molar-refractivity contribution in [3.8, 4) is 0 Å². The molecule has 0 spiro atoms. The zero-order valence-electron chi connectivity index (χ0n) is 13.6. The van der Waals surface area contributed by atoms with Gasteiger partial charge in [-0.2, -0.15) is 13.2 Å². The van der Waals surface area contributed by atoms with Crippen LogP contribution >= 0.6 is 11.3 Å². The summed E-state index contributed by atoms with van der Waals surface area (Å²) in [6, 6.07) is 2.34. The van der Waals surface area contributed by atoms with E-state index in [2.05, 4.69) is 5.32 Å². The van der Waals surface area contributed by atoms with Crippen molar-refractivity contribution in [3.63, 3.8) is 0 Å². The molecule has 0 aliphatic heterocycles. The molecule has 1 aliphatic rings.